The molecule has 0 saturated carbocycles. The van der Waals surface area contributed by atoms with Crippen molar-refractivity contribution in [2.24, 2.45) is 0 Å². The minimum Gasteiger partial charge on any atom is -0.455 e. The molecule has 0 radical (unpaired) electrons. The molecule has 2 N–H and O–H groups in total. The first-order valence-electron chi connectivity index (χ1n) is 10.3. The van der Waals surface area contributed by atoms with Gasteiger partial charge in [0.05, 0.1) is 0 Å². The molecule has 0 amide bonds. The van der Waals surface area contributed by atoms with Crippen LogP contribution in [0.1, 0.15) is 26.3 Å². The minimum absolute atomic E-state index is 0.0341. The number of nitrogens with two attached hydrogens (primary N) is 1. The molecule has 2 heteroatoms. The summed E-state index contributed by atoms with van der Waals surface area (Å²) in [5.41, 5.74) is 14.5. The molecule has 30 heavy (non-hydrogen) atoms. The lowest BCUT2D eigenvalue weighted by molar-refractivity contribution is 0.595. The number of nitrogen functional groups attached to an aromatic ring is 1. The normalized spacial score (nSPS) is 12.0. The Morgan fingerprint density at radius 3 is 2.17 bits per heavy atom. The van der Waals surface area contributed by atoms with Crippen LogP contribution in [0.3, 0.4) is 0 Å². The van der Waals surface area contributed by atoms with Crippen LogP contribution in [0.25, 0.3) is 44.2 Å². The molecule has 148 valence electrons. The fraction of sp³-hybridized carbons (Fsp3) is 0.143. The lowest BCUT2D eigenvalue weighted by Crippen LogP contribution is -2.12. The van der Waals surface area contributed by atoms with Crippen molar-refractivity contribution < 1.29 is 4.42 Å². The molecule has 0 spiro atoms. The van der Waals surface area contributed by atoms with E-state index in [4.69, 9.17) is 10.2 Å². The summed E-state index contributed by atoms with van der Waals surface area (Å²) in [5, 5.41) is 2.30. The first-order chi connectivity index (χ1) is 14.4. The molecule has 2 nitrogen and oxygen atoms in total. The number of fused-ring (bicyclic) bond motifs is 3. The van der Waals surface area contributed by atoms with Gasteiger partial charge in [0.25, 0.3) is 0 Å². The van der Waals surface area contributed by atoms with Crippen LogP contribution in [0.15, 0.2) is 89.3 Å². The van der Waals surface area contributed by atoms with Crippen molar-refractivity contribution in [1.82, 2.24) is 0 Å². The molecule has 0 bridgehead atoms. The van der Waals surface area contributed by atoms with Gasteiger partial charge in [-0.05, 0) is 39.8 Å². The molecular formula is C28H25NO. The molecule has 1 heterocycles. The van der Waals surface area contributed by atoms with Crippen LogP contribution < -0.4 is 5.73 Å². The Bertz CT molecular complexity index is 1370. The van der Waals surface area contributed by atoms with Crippen molar-refractivity contribution in [3.63, 3.8) is 0 Å². The Kier molecular flexibility index (Phi) is 4.18. The highest BCUT2D eigenvalue weighted by Crippen LogP contribution is 2.42. The Labute approximate surface area is 177 Å². The van der Waals surface area contributed by atoms with Gasteiger partial charge in [-0.15, -0.1) is 0 Å². The fourth-order valence-electron chi connectivity index (χ4n) is 4.26. The van der Waals surface area contributed by atoms with Gasteiger partial charge in [0.1, 0.15) is 11.2 Å². The van der Waals surface area contributed by atoms with Gasteiger partial charge in [-0.3, -0.25) is 0 Å². The maximum Gasteiger partial charge on any atom is 0.143 e. The van der Waals surface area contributed by atoms with Crippen LogP contribution in [0.5, 0.6) is 0 Å². The summed E-state index contributed by atoms with van der Waals surface area (Å²) in [6.07, 6.45) is 0. The maximum absolute atomic E-state index is 6.42. The zero-order chi connectivity index (χ0) is 20.9. The van der Waals surface area contributed by atoms with Crippen molar-refractivity contribution in [3.05, 3.63) is 90.5 Å². The van der Waals surface area contributed by atoms with E-state index in [1.165, 1.54) is 16.7 Å². The van der Waals surface area contributed by atoms with E-state index in [0.29, 0.717) is 0 Å². The van der Waals surface area contributed by atoms with Crippen LogP contribution in [-0.4, -0.2) is 0 Å². The Balaban J connectivity index is 1.77. The van der Waals surface area contributed by atoms with Gasteiger partial charge in [0.2, 0.25) is 0 Å². The molecule has 0 unspecified atom stereocenters. The second-order valence-electron chi connectivity index (χ2n) is 8.92. The summed E-state index contributed by atoms with van der Waals surface area (Å²) in [5.74, 6) is 0. The van der Waals surface area contributed by atoms with E-state index in [2.05, 4.69) is 93.6 Å². The van der Waals surface area contributed by atoms with E-state index in [-0.39, 0.29) is 5.41 Å². The number of hydrogen-bond acceptors (Lipinski definition) is 2. The molecule has 0 aliphatic heterocycles. The molecule has 5 rings (SSSR count). The molecule has 0 atom stereocenters. The SMILES string of the molecule is CC(C)(C)c1cc(N)cc2oc3c(-c4cccc(-c5ccccc5)c4)cccc3c12. The lowest BCUT2D eigenvalue weighted by Gasteiger charge is -2.20. The first kappa shape index (κ1) is 18.5. The van der Waals surface area contributed by atoms with E-state index in [0.717, 1.165) is 38.8 Å². The number of para-hydroxylation sites is 1. The average molecular weight is 392 g/mol. The summed E-state index contributed by atoms with van der Waals surface area (Å²) >= 11 is 0. The summed E-state index contributed by atoms with van der Waals surface area (Å²) < 4.78 is 6.42. The van der Waals surface area contributed by atoms with Crippen LogP contribution >= 0.6 is 0 Å². The topological polar surface area (TPSA) is 39.2 Å². The van der Waals surface area contributed by atoms with E-state index in [1.54, 1.807) is 0 Å². The predicted molar refractivity (Wildman–Crippen MR) is 128 cm³/mol. The maximum atomic E-state index is 6.42. The second-order valence-corrected chi connectivity index (χ2v) is 8.92. The van der Waals surface area contributed by atoms with Crippen molar-refractivity contribution in [2.75, 3.05) is 5.73 Å². The molecule has 0 aliphatic rings. The van der Waals surface area contributed by atoms with Crippen molar-refractivity contribution in [2.45, 2.75) is 26.2 Å². The van der Waals surface area contributed by atoms with E-state index in [9.17, 15) is 0 Å². The Morgan fingerprint density at radius 2 is 1.40 bits per heavy atom. The number of rotatable bonds is 2. The third kappa shape index (κ3) is 3.05. The number of anilines is 1. The quantitative estimate of drug-likeness (QED) is 0.312. The molecule has 0 saturated heterocycles. The Morgan fingerprint density at radius 1 is 0.700 bits per heavy atom. The van der Waals surface area contributed by atoms with Crippen molar-refractivity contribution >= 4 is 27.6 Å². The van der Waals surface area contributed by atoms with Gasteiger partial charge in [0.15, 0.2) is 0 Å². The third-order valence-electron chi connectivity index (χ3n) is 5.71. The molecule has 0 aliphatic carbocycles. The van der Waals surface area contributed by atoms with Crippen molar-refractivity contribution in [3.8, 4) is 22.3 Å². The average Bonchev–Trinajstić information content (AvgIpc) is 3.11. The number of furan rings is 1. The summed E-state index contributed by atoms with van der Waals surface area (Å²) in [6.45, 7) is 6.65. The highest BCUT2D eigenvalue weighted by Gasteiger charge is 2.22. The lowest BCUT2D eigenvalue weighted by atomic mass is 9.83. The van der Waals surface area contributed by atoms with Gasteiger partial charge < -0.3 is 10.2 Å². The van der Waals surface area contributed by atoms with Gasteiger partial charge in [-0.2, -0.15) is 0 Å². The standard InChI is InChI=1S/C28H25NO/c1-28(2,3)24-16-21(29)17-25-26(24)23-14-8-13-22(27(23)30-25)20-12-7-11-19(15-20)18-9-5-4-6-10-18/h4-17H,29H2,1-3H3. The van der Waals surface area contributed by atoms with E-state index >= 15 is 0 Å². The van der Waals surface area contributed by atoms with Crippen molar-refractivity contribution in [1.29, 1.82) is 0 Å². The summed E-state index contributed by atoms with van der Waals surface area (Å²) in [6, 6.07) is 29.5. The third-order valence-corrected chi connectivity index (χ3v) is 5.71. The van der Waals surface area contributed by atoms with Gasteiger partial charge in [-0.25, -0.2) is 0 Å². The van der Waals surface area contributed by atoms with Gasteiger partial charge in [-0.1, -0.05) is 87.5 Å². The summed E-state index contributed by atoms with van der Waals surface area (Å²) in [4.78, 5) is 0. The predicted octanol–water partition coefficient (Wildman–Crippen LogP) is 7.80. The van der Waals surface area contributed by atoms with E-state index in [1.807, 2.05) is 12.1 Å². The zero-order valence-electron chi connectivity index (χ0n) is 17.6. The minimum atomic E-state index is -0.0341. The van der Waals surface area contributed by atoms with Crippen LogP contribution in [0.4, 0.5) is 5.69 Å². The monoisotopic (exact) mass is 391 g/mol. The van der Waals surface area contributed by atoms with Gasteiger partial charge in [0, 0.05) is 28.1 Å². The largest absolute Gasteiger partial charge is 0.455 e. The highest BCUT2D eigenvalue weighted by molar-refractivity contribution is 6.12. The van der Waals surface area contributed by atoms with Crippen LogP contribution in [0.2, 0.25) is 0 Å². The Hall–Kier alpha value is -3.52. The number of benzene rings is 4. The first-order valence-corrected chi connectivity index (χ1v) is 10.3. The molecule has 1 aromatic heterocycles. The second kappa shape index (κ2) is 6.77. The number of hydrogen-bond donors (Lipinski definition) is 1. The van der Waals surface area contributed by atoms with Gasteiger partial charge >= 0.3 is 0 Å². The molecule has 0 fully saturated rings. The van der Waals surface area contributed by atoms with Crippen LogP contribution in [0, 0.1) is 0 Å². The zero-order valence-corrected chi connectivity index (χ0v) is 17.6. The highest BCUT2D eigenvalue weighted by atomic mass is 16.3. The summed E-state index contributed by atoms with van der Waals surface area (Å²) in [7, 11) is 0. The molecule has 5 aromatic rings. The molecule has 4 aromatic carbocycles. The van der Waals surface area contributed by atoms with Crippen LogP contribution in [-0.2, 0) is 5.41 Å². The van der Waals surface area contributed by atoms with E-state index < -0.39 is 0 Å². The fourth-order valence-corrected chi connectivity index (χ4v) is 4.26. The smallest absolute Gasteiger partial charge is 0.143 e. The molecular weight excluding hydrogens is 366 g/mol.